The molecule has 0 aliphatic carbocycles. The minimum atomic E-state index is -0.193. The highest BCUT2D eigenvalue weighted by atomic mass is 16.5. The molecule has 0 amide bonds. The van der Waals surface area contributed by atoms with Gasteiger partial charge in [0.1, 0.15) is 11.5 Å². The molecule has 2 aromatic rings. The van der Waals surface area contributed by atoms with Crippen molar-refractivity contribution < 1.29 is 19.7 Å². The molecule has 0 aromatic heterocycles. The highest BCUT2D eigenvalue weighted by Gasteiger charge is 2.21. The van der Waals surface area contributed by atoms with Gasteiger partial charge in [-0.2, -0.15) is 0 Å². The van der Waals surface area contributed by atoms with Crippen LogP contribution < -0.4 is 0 Å². The Labute approximate surface area is 225 Å². The molecule has 0 aliphatic heterocycles. The first-order valence-electron chi connectivity index (χ1n) is 14.8. The molecule has 0 aliphatic rings. The van der Waals surface area contributed by atoms with Crippen molar-refractivity contribution in [1.82, 2.24) is 0 Å². The Morgan fingerprint density at radius 1 is 0.649 bits per heavy atom. The maximum absolute atomic E-state index is 13.0. The van der Waals surface area contributed by atoms with Crippen molar-refractivity contribution >= 4 is 5.97 Å². The fourth-order valence-electron chi connectivity index (χ4n) is 5.02. The Morgan fingerprint density at radius 3 is 1.49 bits per heavy atom. The number of hydrogen-bond acceptors (Lipinski definition) is 4. The summed E-state index contributed by atoms with van der Waals surface area (Å²) >= 11 is 0. The zero-order valence-corrected chi connectivity index (χ0v) is 23.3. The summed E-state index contributed by atoms with van der Waals surface area (Å²) in [5.41, 5.74) is 1.88. The third-order valence-corrected chi connectivity index (χ3v) is 7.37. The van der Waals surface area contributed by atoms with Crippen molar-refractivity contribution in [3.63, 3.8) is 0 Å². The van der Waals surface area contributed by atoms with E-state index in [9.17, 15) is 15.0 Å². The van der Waals surface area contributed by atoms with Crippen LogP contribution in [0.4, 0.5) is 0 Å². The molecule has 2 aromatic carbocycles. The van der Waals surface area contributed by atoms with Gasteiger partial charge in [-0.3, -0.25) is 4.79 Å². The number of rotatable bonds is 20. The fourth-order valence-corrected chi connectivity index (χ4v) is 5.02. The number of benzene rings is 2. The van der Waals surface area contributed by atoms with Crippen LogP contribution in [0.2, 0.25) is 0 Å². The number of carbonyl (C=O) groups excluding carboxylic acids is 1. The Hall–Kier alpha value is -2.49. The maximum atomic E-state index is 13.0. The van der Waals surface area contributed by atoms with E-state index in [2.05, 4.69) is 13.8 Å². The summed E-state index contributed by atoms with van der Waals surface area (Å²) in [4.78, 5) is 13.0. The minimum Gasteiger partial charge on any atom is -0.508 e. The van der Waals surface area contributed by atoms with E-state index in [0.717, 1.165) is 24.0 Å². The number of esters is 1. The van der Waals surface area contributed by atoms with Gasteiger partial charge in [-0.05, 0) is 54.2 Å². The van der Waals surface area contributed by atoms with Crippen molar-refractivity contribution in [1.29, 1.82) is 0 Å². The second kappa shape index (κ2) is 18.7. The van der Waals surface area contributed by atoms with Crippen LogP contribution in [-0.2, 0) is 9.53 Å². The molecule has 1 unspecified atom stereocenters. The van der Waals surface area contributed by atoms with Crippen LogP contribution in [0.15, 0.2) is 48.5 Å². The van der Waals surface area contributed by atoms with Crippen LogP contribution in [0.25, 0.3) is 0 Å². The monoisotopic (exact) mass is 510 g/mol. The van der Waals surface area contributed by atoms with Gasteiger partial charge < -0.3 is 14.9 Å². The topological polar surface area (TPSA) is 66.8 Å². The lowest BCUT2D eigenvalue weighted by Crippen LogP contribution is -2.17. The number of unbranched alkanes of at least 4 members (excludes halogenated alkanes) is 10. The average molecular weight is 511 g/mol. The molecule has 0 spiro atoms. The quantitative estimate of drug-likeness (QED) is 0.138. The Morgan fingerprint density at radius 2 is 1.05 bits per heavy atom. The molecule has 4 nitrogen and oxygen atoms in total. The molecule has 1 atom stereocenters. The number of ether oxygens (including phenoxy) is 1. The van der Waals surface area contributed by atoms with Crippen molar-refractivity contribution in [2.24, 2.45) is 5.92 Å². The van der Waals surface area contributed by atoms with Gasteiger partial charge in [0, 0.05) is 5.92 Å². The second-order valence-corrected chi connectivity index (χ2v) is 10.6. The molecule has 0 bridgehead atoms. The first-order chi connectivity index (χ1) is 18.0. The molecule has 206 valence electrons. The summed E-state index contributed by atoms with van der Waals surface area (Å²) in [5, 5.41) is 19.4. The Bertz CT molecular complexity index is 798. The van der Waals surface area contributed by atoms with Gasteiger partial charge in [0.25, 0.3) is 0 Å². The highest BCUT2D eigenvalue weighted by molar-refractivity contribution is 5.71. The largest absolute Gasteiger partial charge is 0.508 e. The summed E-state index contributed by atoms with van der Waals surface area (Å²) in [7, 11) is 0. The summed E-state index contributed by atoms with van der Waals surface area (Å²) in [6.07, 6.45) is 17.9. The van der Waals surface area contributed by atoms with E-state index in [1.54, 1.807) is 24.3 Å². The third-order valence-electron chi connectivity index (χ3n) is 7.37. The van der Waals surface area contributed by atoms with E-state index >= 15 is 0 Å². The van der Waals surface area contributed by atoms with E-state index in [1.807, 2.05) is 24.3 Å². The molecule has 37 heavy (non-hydrogen) atoms. The zero-order chi connectivity index (χ0) is 26.7. The van der Waals surface area contributed by atoms with Crippen LogP contribution in [0.1, 0.15) is 127 Å². The van der Waals surface area contributed by atoms with Crippen LogP contribution in [0, 0.1) is 5.92 Å². The van der Waals surface area contributed by atoms with Gasteiger partial charge in [0.15, 0.2) is 0 Å². The number of hydrogen-bond donors (Lipinski definition) is 2. The van der Waals surface area contributed by atoms with Gasteiger partial charge in [-0.1, -0.05) is 115 Å². The molecule has 0 saturated carbocycles. The van der Waals surface area contributed by atoms with E-state index in [4.69, 9.17) is 4.74 Å². The second-order valence-electron chi connectivity index (χ2n) is 10.6. The smallest absolute Gasteiger partial charge is 0.306 e. The molecule has 0 heterocycles. The highest BCUT2D eigenvalue weighted by Crippen LogP contribution is 2.31. The lowest BCUT2D eigenvalue weighted by atomic mass is 9.88. The summed E-state index contributed by atoms with van der Waals surface area (Å²) in [6.45, 7) is 5.00. The molecule has 4 heteroatoms. The lowest BCUT2D eigenvalue weighted by Gasteiger charge is -2.20. The third kappa shape index (κ3) is 13.0. The maximum Gasteiger partial charge on any atom is 0.306 e. The van der Waals surface area contributed by atoms with Crippen LogP contribution in [0.5, 0.6) is 11.5 Å². The summed E-state index contributed by atoms with van der Waals surface area (Å²) < 4.78 is 5.88. The Kier molecular flexibility index (Phi) is 15.5. The van der Waals surface area contributed by atoms with Gasteiger partial charge >= 0.3 is 5.97 Å². The SMILES string of the molecule is CCCCCCCCCC(CCCCCCC)COC(=O)CC(c1ccc(O)cc1)c1ccc(O)cc1. The molecule has 0 radical (unpaired) electrons. The fraction of sp³-hybridized carbons (Fsp3) is 0.606. The number of phenolic OH excluding ortho intramolecular Hbond substituents is 2. The van der Waals surface area contributed by atoms with Crippen molar-refractivity contribution in [2.75, 3.05) is 6.61 Å². The molecule has 2 rings (SSSR count). The molecule has 0 fully saturated rings. The van der Waals surface area contributed by atoms with Gasteiger partial charge in [-0.15, -0.1) is 0 Å². The first-order valence-corrected chi connectivity index (χ1v) is 14.8. The lowest BCUT2D eigenvalue weighted by molar-refractivity contribution is -0.145. The summed E-state index contributed by atoms with van der Waals surface area (Å²) in [6, 6.07) is 14.0. The van der Waals surface area contributed by atoms with Gasteiger partial charge in [0.2, 0.25) is 0 Å². The zero-order valence-electron chi connectivity index (χ0n) is 23.3. The summed E-state index contributed by atoms with van der Waals surface area (Å²) in [5.74, 6) is 0.443. The van der Waals surface area contributed by atoms with Crippen molar-refractivity contribution in [2.45, 2.75) is 116 Å². The van der Waals surface area contributed by atoms with E-state index in [1.165, 1.54) is 77.0 Å². The van der Waals surface area contributed by atoms with Crippen molar-refractivity contribution in [3.8, 4) is 11.5 Å². The van der Waals surface area contributed by atoms with Gasteiger partial charge in [-0.25, -0.2) is 0 Å². The predicted molar refractivity (Wildman–Crippen MR) is 153 cm³/mol. The number of aromatic hydroxyl groups is 2. The van der Waals surface area contributed by atoms with Crippen LogP contribution >= 0.6 is 0 Å². The normalized spacial score (nSPS) is 12.1. The van der Waals surface area contributed by atoms with E-state index in [-0.39, 0.29) is 29.8 Å². The van der Waals surface area contributed by atoms with Gasteiger partial charge in [0.05, 0.1) is 13.0 Å². The van der Waals surface area contributed by atoms with Crippen LogP contribution in [0.3, 0.4) is 0 Å². The molecular formula is C33H50O4. The molecule has 2 N–H and O–H groups in total. The van der Waals surface area contributed by atoms with E-state index in [0.29, 0.717) is 12.5 Å². The standard InChI is InChI=1S/C33H50O4/c1-3-5-7-9-10-12-14-16-27(15-13-11-8-6-4-2)26-37-33(36)25-32(28-17-21-30(34)22-18-28)29-19-23-31(35)24-20-29/h17-24,27,32,34-35H,3-16,25-26H2,1-2H3. The first kappa shape index (κ1) is 30.7. The molecular weight excluding hydrogens is 460 g/mol. The van der Waals surface area contributed by atoms with Crippen molar-refractivity contribution in [3.05, 3.63) is 59.7 Å². The Balaban J connectivity index is 1.92. The van der Waals surface area contributed by atoms with E-state index < -0.39 is 0 Å². The predicted octanol–water partition coefficient (Wildman–Crippen LogP) is 9.28. The minimum absolute atomic E-state index is 0.190. The van der Waals surface area contributed by atoms with Crippen LogP contribution in [-0.4, -0.2) is 22.8 Å². The number of carbonyl (C=O) groups is 1. The molecule has 0 saturated heterocycles. The average Bonchev–Trinajstić information content (AvgIpc) is 2.90. The number of phenols is 2.